The molecule has 1 N–H and O–H groups in total. The van der Waals surface area contributed by atoms with Crippen molar-refractivity contribution in [2.45, 2.75) is 39.2 Å². The van der Waals surface area contributed by atoms with Crippen molar-refractivity contribution < 1.29 is 0 Å². The lowest BCUT2D eigenvalue weighted by molar-refractivity contribution is 0.318. The first kappa shape index (κ1) is 21.9. The third kappa shape index (κ3) is 3.96. The molecule has 0 radical (unpaired) electrons. The van der Waals surface area contributed by atoms with Gasteiger partial charge in [-0.25, -0.2) is 4.98 Å². The van der Waals surface area contributed by atoms with Gasteiger partial charge in [0.25, 0.3) is 0 Å². The Morgan fingerprint density at radius 3 is 2.71 bits per heavy atom. The minimum absolute atomic E-state index is 0.355. The van der Waals surface area contributed by atoms with E-state index in [0.717, 1.165) is 34.7 Å². The Morgan fingerprint density at radius 1 is 1.15 bits per heavy atom. The second-order valence-electron chi connectivity index (χ2n) is 9.42. The van der Waals surface area contributed by atoms with E-state index in [4.69, 9.17) is 10.2 Å². The van der Waals surface area contributed by atoms with E-state index in [2.05, 4.69) is 65.3 Å². The number of nitrogens with zero attached hydrogens (tertiary/aromatic N) is 6. The molecule has 1 aliphatic heterocycles. The lowest BCUT2D eigenvalue weighted by Crippen LogP contribution is -2.54. The minimum atomic E-state index is 0.355. The number of nitriles is 1. The van der Waals surface area contributed by atoms with E-state index in [1.54, 1.807) is 10.9 Å². The third-order valence-corrected chi connectivity index (χ3v) is 6.83. The van der Waals surface area contributed by atoms with Crippen LogP contribution in [0.3, 0.4) is 0 Å². The average Bonchev–Trinajstić information content (AvgIpc) is 3.27. The number of anilines is 3. The van der Waals surface area contributed by atoms with Crippen LogP contribution < -0.4 is 10.2 Å². The second-order valence-corrected chi connectivity index (χ2v) is 9.42. The fraction of sp³-hybridized carbons (Fsp3) is 0.333. The fourth-order valence-electron chi connectivity index (χ4n) is 4.79. The molecule has 1 aromatic carbocycles. The first-order valence-electron chi connectivity index (χ1n) is 11.7. The van der Waals surface area contributed by atoms with Gasteiger partial charge in [0.1, 0.15) is 5.82 Å². The summed E-state index contributed by atoms with van der Waals surface area (Å²) in [4.78, 5) is 11.6. The van der Waals surface area contributed by atoms with Gasteiger partial charge in [0.2, 0.25) is 0 Å². The summed E-state index contributed by atoms with van der Waals surface area (Å²) < 4.78 is 1.77. The van der Waals surface area contributed by atoms with E-state index in [-0.39, 0.29) is 0 Å². The quantitative estimate of drug-likeness (QED) is 0.409. The molecule has 172 valence electrons. The topological polar surface area (TPSA) is 82.7 Å². The highest BCUT2D eigenvalue weighted by Crippen LogP contribution is 2.40. The predicted octanol–water partition coefficient (Wildman–Crippen LogP) is 5.64. The van der Waals surface area contributed by atoms with Crippen LogP contribution in [0.2, 0.25) is 0 Å². The molecule has 34 heavy (non-hydrogen) atoms. The molecule has 0 bridgehead atoms. The van der Waals surface area contributed by atoms with Crippen LogP contribution in [0, 0.1) is 17.2 Å². The lowest BCUT2D eigenvalue weighted by Gasteiger charge is -2.48. The van der Waals surface area contributed by atoms with Crippen molar-refractivity contribution in [3.63, 3.8) is 0 Å². The Labute approximate surface area is 200 Å². The maximum atomic E-state index is 9.09. The Kier molecular flexibility index (Phi) is 5.66. The normalized spacial score (nSPS) is 17.6. The standard InChI is InChI=1S/C27H29N7/c1-17(2)22-5-6-26(34-16-19(7-9-28)18(34)3)24-14-30-27(12-23(22)24)32-21-8-10-29-25(11-21)20-13-31-33(4)15-20/h5-6,8,10-15,17-19H,7,16H2,1-4H3,(H,29,30,32)/t18-,19+/m1/s1. The van der Waals surface area contributed by atoms with Crippen LogP contribution in [-0.4, -0.2) is 32.3 Å². The molecule has 7 heteroatoms. The summed E-state index contributed by atoms with van der Waals surface area (Å²) >= 11 is 0. The highest BCUT2D eigenvalue weighted by atomic mass is 15.2. The monoisotopic (exact) mass is 451 g/mol. The number of hydrogen-bond acceptors (Lipinski definition) is 6. The molecule has 4 heterocycles. The van der Waals surface area contributed by atoms with Crippen LogP contribution in [0.15, 0.2) is 55.1 Å². The summed E-state index contributed by atoms with van der Waals surface area (Å²) in [7, 11) is 1.90. The Bertz CT molecular complexity index is 1380. The molecule has 5 rings (SSSR count). The van der Waals surface area contributed by atoms with E-state index in [1.165, 1.54) is 16.6 Å². The van der Waals surface area contributed by atoms with E-state index in [9.17, 15) is 0 Å². The molecule has 2 atom stereocenters. The number of hydrogen-bond donors (Lipinski definition) is 1. The number of aryl methyl sites for hydroxylation is 1. The van der Waals surface area contributed by atoms with Crippen LogP contribution in [0.5, 0.6) is 0 Å². The molecule has 1 fully saturated rings. The van der Waals surface area contributed by atoms with Gasteiger partial charge in [0.15, 0.2) is 0 Å². The minimum Gasteiger partial charge on any atom is -0.368 e. The smallest absolute Gasteiger partial charge is 0.130 e. The molecule has 4 aromatic rings. The second kappa shape index (κ2) is 8.79. The van der Waals surface area contributed by atoms with Crippen molar-refractivity contribution in [3.8, 4) is 17.3 Å². The molecule has 0 unspecified atom stereocenters. The van der Waals surface area contributed by atoms with Gasteiger partial charge in [-0.1, -0.05) is 19.9 Å². The summed E-state index contributed by atoms with van der Waals surface area (Å²) in [6.45, 7) is 7.57. The highest BCUT2D eigenvalue weighted by molar-refractivity contribution is 5.98. The van der Waals surface area contributed by atoms with Gasteiger partial charge in [-0.15, -0.1) is 0 Å². The van der Waals surface area contributed by atoms with Gasteiger partial charge in [0, 0.05) is 72.9 Å². The first-order chi connectivity index (χ1) is 16.4. The summed E-state index contributed by atoms with van der Waals surface area (Å²) in [5.41, 5.74) is 5.27. The van der Waals surface area contributed by atoms with Crippen molar-refractivity contribution >= 4 is 28.0 Å². The van der Waals surface area contributed by atoms with Gasteiger partial charge >= 0.3 is 0 Å². The zero-order valence-electron chi connectivity index (χ0n) is 20.0. The Morgan fingerprint density at radius 2 is 2.00 bits per heavy atom. The molecule has 0 amide bonds. The maximum Gasteiger partial charge on any atom is 0.130 e. The molecular formula is C27H29N7. The van der Waals surface area contributed by atoms with E-state index in [0.29, 0.717) is 24.3 Å². The third-order valence-electron chi connectivity index (χ3n) is 6.83. The van der Waals surface area contributed by atoms with E-state index < -0.39 is 0 Å². The number of rotatable bonds is 6. The SMILES string of the molecule is CC(C)c1ccc(N2C[C@H](CC#N)[C@H]2C)c2cnc(Nc3ccnc(-c4cnn(C)c4)c3)cc12. The van der Waals surface area contributed by atoms with Crippen LogP contribution >= 0.6 is 0 Å². The molecule has 0 aliphatic carbocycles. The molecule has 0 spiro atoms. The lowest BCUT2D eigenvalue weighted by atomic mass is 9.85. The number of aromatic nitrogens is 4. The van der Waals surface area contributed by atoms with Crippen LogP contribution in [-0.2, 0) is 7.05 Å². The van der Waals surface area contributed by atoms with Crippen molar-refractivity contribution in [1.29, 1.82) is 5.26 Å². The molecule has 0 saturated carbocycles. The zero-order valence-corrected chi connectivity index (χ0v) is 20.0. The van der Waals surface area contributed by atoms with Gasteiger partial charge in [-0.05, 0) is 48.1 Å². The van der Waals surface area contributed by atoms with Crippen LogP contribution in [0.1, 0.15) is 38.7 Å². The first-order valence-corrected chi connectivity index (χ1v) is 11.7. The molecule has 3 aromatic heterocycles. The largest absolute Gasteiger partial charge is 0.368 e. The number of pyridine rings is 2. The molecular weight excluding hydrogens is 422 g/mol. The summed E-state index contributed by atoms with van der Waals surface area (Å²) in [5, 5.41) is 19.2. The fourth-order valence-corrected chi connectivity index (χ4v) is 4.79. The number of nitrogens with one attached hydrogen (secondary N) is 1. The summed E-state index contributed by atoms with van der Waals surface area (Å²) in [5.74, 6) is 1.62. The van der Waals surface area contributed by atoms with Crippen molar-refractivity contribution in [1.82, 2.24) is 19.7 Å². The zero-order chi connectivity index (χ0) is 23.8. The Balaban J connectivity index is 1.48. The molecule has 7 nitrogen and oxygen atoms in total. The highest BCUT2D eigenvalue weighted by Gasteiger charge is 2.36. The van der Waals surface area contributed by atoms with Gasteiger partial charge in [0.05, 0.1) is 18.0 Å². The molecule has 1 aliphatic rings. The summed E-state index contributed by atoms with van der Waals surface area (Å²) in [6.07, 6.45) is 8.15. The number of benzene rings is 1. The van der Waals surface area contributed by atoms with Crippen LogP contribution in [0.4, 0.5) is 17.2 Å². The number of fused-ring (bicyclic) bond motifs is 1. The average molecular weight is 452 g/mol. The van der Waals surface area contributed by atoms with Crippen LogP contribution in [0.25, 0.3) is 22.0 Å². The Hall–Kier alpha value is -3.92. The predicted molar refractivity (Wildman–Crippen MR) is 136 cm³/mol. The van der Waals surface area contributed by atoms with Crippen molar-refractivity contribution in [3.05, 3.63) is 60.7 Å². The van der Waals surface area contributed by atoms with Gasteiger partial charge in [-0.3, -0.25) is 9.67 Å². The summed E-state index contributed by atoms with van der Waals surface area (Å²) in [6, 6.07) is 13.2. The van der Waals surface area contributed by atoms with Crippen molar-refractivity contribution in [2.75, 3.05) is 16.8 Å². The van der Waals surface area contributed by atoms with E-state index >= 15 is 0 Å². The van der Waals surface area contributed by atoms with Crippen molar-refractivity contribution in [2.24, 2.45) is 13.0 Å². The maximum absolute atomic E-state index is 9.09. The van der Waals surface area contributed by atoms with E-state index in [1.807, 2.05) is 37.8 Å². The molecule has 1 saturated heterocycles. The van der Waals surface area contributed by atoms with Gasteiger partial charge in [-0.2, -0.15) is 10.4 Å². The van der Waals surface area contributed by atoms with Gasteiger partial charge < -0.3 is 10.2 Å².